The number of phenols is 1. The molecular weight excluding hydrogens is 564 g/mol. The minimum atomic E-state index is 0.287. The van der Waals surface area contributed by atoms with Gasteiger partial charge in [0, 0.05) is 22.8 Å². The summed E-state index contributed by atoms with van der Waals surface area (Å²) < 4.78 is 13.7. The zero-order valence-electron chi connectivity index (χ0n) is 25.9. The van der Waals surface area contributed by atoms with E-state index in [0.29, 0.717) is 11.8 Å². The monoisotopic (exact) mass is 610 g/mol. The van der Waals surface area contributed by atoms with Gasteiger partial charge in [0.1, 0.15) is 30.0 Å². The molecule has 6 heteroatoms. The maximum atomic E-state index is 10.7. The molecule has 3 heterocycles. The third-order valence-corrected chi connectivity index (χ3v) is 11.2. The first-order valence-corrected chi connectivity index (χ1v) is 17.7. The first kappa shape index (κ1) is 29.6. The van der Waals surface area contributed by atoms with Crippen molar-refractivity contribution in [2.45, 2.75) is 76.4 Å². The summed E-state index contributed by atoms with van der Waals surface area (Å²) >= 11 is 1.68. The highest BCUT2D eigenvalue weighted by atomic mass is 32.1. The average Bonchev–Trinajstić information content (AvgIpc) is 3.72. The molecule has 0 bridgehead atoms. The molecule has 0 spiro atoms. The molecule has 44 heavy (non-hydrogen) atoms. The number of rotatable bonds is 10. The summed E-state index contributed by atoms with van der Waals surface area (Å²) in [6, 6.07) is 23.7. The van der Waals surface area contributed by atoms with Crippen molar-refractivity contribution in [3.8, 4) is 27.7 Å². The summed E-state index contributed by atoms with van der Waals surface area (Å²) in [6.45, 7) is 6.55. The summed E-state index contributed by atoms with van der Waals surface area (Å²) in [5, 5.41) is 11.9. The fraction of sp³-hybridized carbons (Fsp3) is 0.474. The Morgan fingerprint density at radius 1 is 0.750 bits per heavy atom. The van der Waals surface area contributed by atoms with Gasteiger partial charge in [-0.3, -0.25) is 9.80 Å². The Kier molecular flexibility index (Phi) is 9.38. The van der Waals surface area contributed by atoms with Gasteiger partial charge in [-0.25, -0.2) is 0 Å². The number of likely N-dealkylation sites (tertiary alicyclic amines) is 2. The van der Waals surface area contributed by atoms with E-state index in [-0.39, 0.29) is 6.10 Å². The molecule has 0 amide bonds. The standard InChI is InChI=1S/C38H46N2O3S/c41-35-11-8-9-32-33(37(44-38(32)35)29-15-19-30(20-16-29)42-26-25-39-21-6-7-22-39)27-28-13-17-31(18-14-28)43-36-12-3-2-10-34(36)40-23-4-1-5-24-40/h8-9,11,13-20,34,36,41H,1-7,10,12,21-27H2/t34-,36-/m1/s1. The van der Waals surface area contributed by atoms with Crippen LogP contribution in [0.25, 0.3) is 20.5 Å². The number of fused-ring (bicyclic) bond motifs is 1. The fourth-order valence-corrected chi connectivity index (χ4v) is 8.75. The van der Waals surface area contributed by atoms with Crippen LogP contribution in [-0.4, -0.2) is 66.4 Å². The normalized spacial score (nSPS) is 21.5. The molecule has 4 aromatic rings. The maximum Gasteiger partial charge on any atom is 0.133 e. The largest absolute Gasteiger partial charge is 0.506 e. The number of nitrogens with zero attached hydrogens (tertiary/aromatic N) is 2. The third kappa shape index (κ3) is 6.78. The molecule has 2 saturated heterocycles. The molecule has 2 aliphatic heterocycles. The maximum absolute atomic E-state index is 10.7. The number of ether oxygens (including phenoxy) is 2. The Hall–Kier alpha value is -3.06. The molecule has 2 atom stereocenters. The van der Waals surface area contributed by atoms with Gasteiger partial charge in [-0.1, -0.05) is 37.1 Å². The van der Waals surface area contributed by atoms with Crippen molar-refractivity contribution in [1.82, 2.24) is 9.80 Å². The van der Waals surface area contributed by atoms with Crippen LogP contribution in [0.15, 0.2) is 66.7 Å². The number of piperidine rings is 1. The zero-order valence-corrected chi connectivity index (χ0v) is 26.7. The summed E-state index contributed by atoms with van der Waals surface area (Å²) in [5.41, 5.74) is 3.67. The van der Waals surface area contributed by atoms with Crippen LogP contribution < -0.4 is 9.47 Å². The average molecular weight is 611 g/mol. The van der Waals surface area contributed by atoms with E-state index in [2.05, 4.69) is 64.4 Å². The van der Waals surface area contributed by atoms with E-state index in [1.54, 1.807) is 17.4 Å². The Morgan fingerprint density at radius 2 is 1.48 bits per heavy atom. The lowest BCUT2D eigenvalue weighted by molar-refractivity contribution is 0.0261. The number of hydrogen-bond donors (Lipinski definition) is 1. The molecule has 3 fully saturated rings. The molecule has 1 aliphatic carbocycles. The second-order valence-electron chi connectivity index (χ2n) is 12.9. The van der Waals surface area contributed by atoms with E-state index in [1.165, 1.54) is 93.5 Å². The fourth-order valence-electron chi connectivity index (χ4n) is 7.51. The Bertz CT molecular complexity index is 1500. The lowest BCUT2D eigenvalue weighted by atomic mass is 9.90. The molecule has 3 aromatic carbocycles. The van der Waals surface area contributed by atoms with Gasteiger partial charge in [0.2, 0.25) is 0 Å². The van der Waals surface area contributed by atoms with Crippen LogP contribution in [-0.2, 0) is 6.42 Å². The number of benzene rings is 3. The van der Waals surface area contributed by atoms with Crippen LogP contribution >= 0.6 is 11.3 Å². The van der Waals surface area contributed by atoms with Gasteiger partial charge < -0.3 is 14.6 Å². The Labute approximate surface area is 266 Å². The summed E-state index contributed by atoms with van der Waals surface area (Å²) in [7, 11) is 0. The minimum Gasteiger partial charge on any atom is -0.506 e. The molecule has 1 aromatic heterocycles. The van der Waals surface area contributed by atoms with Crippen molar-refractivity contribution in [1.29, 1.82) is 0 Å². The second-order valence-corrected chi connectivity index (χ2v) is 13.9. The van der Waals surface area contributed by atoms with E-state index < -0.39 is 0 Å². The van der Waals surface area contributed by atoms with E-state index in [4.69, 9.17) is 9.47 Å². The quantitative estimate of drug-likeness (QED) is 0.195. The predicted octanol–water partition coefficient (Wildman–Crippen LogP) is 8.52. The highest BCUT2D eigenvalue weighted by molar-refractivity contribution is 7.22. The number of phenolic OH excluding ortho intramolecular Hbond substituents is 1. The highest BCUT2D eigenvalue weighted by Crippen LogP contribution is 2.43. The van der Waals surface area contributed by atoms with Gasteiger partial charge in [-0.2, -0.15) is 0 Å². The predicted molar refractivity (Wildman–Crippen MR) is 181 cm³/mol. The highest BCUT2D eigenvalue weighted by Gasteiger charge is 2.32. The first-order valence-electron chi connectivity index (χ1n) is 16.9. The van der Waals surface area contributed by atoms with Crippen LogP contribution in [0.3, 0.4) is 0 Å². The molecular formula is C38H46N2O3S. The molecule has 232 valence electrons. The van der Waals surface area contributed by atoms with Crippen molar-refractivity contribution < 1.29 is 14.6 Å². The lowest BCUT2D eigenvalue weighted by Gasteiger charge is -2.41. The van der Waals surface area contributed by atoms with Gasteiger partial charge in [0.15, 0.2) is 0 Å². The lowest BCUT2D eigenvalue weighted by Crippen LogP contribution is -2.49. The molecule has 3 aliphatic rings. The molecule has 0 radical (unpaired) electrons. The smallest absolute Gasteiger partial charge is 0.133 e. The van der Waals surface area contributed by atoms with Gasteiger partial charge in [-0.05, 0) is 137 Å². The first-order chi connectivity index (χ1) is 21.7. The molecule has 1 saturated carbocycles. The van der Waals surface area contributed by atoms with Crippen molar-refractivity contribution >= 4 is 21.4 Å². The number of thiophene rings is 1. The van der Waals surface area contributed by atoms with Crippen LogP contribution in [0.4, 0.5) is 0 Å². The zero-order chi connectivity index (χ0) is 29.7. The third-order valence-electron chi connectivity index (χ3n) is 9.91. The van der Waals surface area contributed by atoms with E-state index in [1.807, 2.05) is 6.07 Å². The summed E-state index contributed by atoms with van der Waals surface area (Å²) in [4.78, 5) is 6.39. The van der Waals surface area contributed by atoms with Crippen molar-refractivity contribution in [3.05, 3.63) is 77.9 Å². The van der Waals surface area contributed by atoms with E-state index >= 15 is 0 Å². The van der Waals surface area contributed by atoms with Crippen LogP contribution in [0, 0.1) is 0 Å². The Morgan fingerprint density at radius 3 is 2.27 bits per heavy atom. The number of aromatic hydroxyl groups is 1. The molecule has 5 nitrogen and oxygen atoms in total. The topological polar surface area (TPSA) is 45.2 Å². The molecule has 1 N–H and O–H groups in total. The van der Waals surface area contributed by atoms with E-state index in [9.17, 15) is 5.11 Å². The summed E-state index contributed by atoms with van der Waals surface area (Å²) in [5.74, 6) is 2.24. The van der Waals surface area contributed by atoms with Gasteiger partial charge in [-0.15, -0.1) is 11.3 Å². The Balaban J connectivity index is 1.06. The molecule has 7 rings (SSSR count). The van der Waals surface area contributed by atoms with Crippen LogP contribution in [0.5, 0.6) is 17.2 Å². The summed E-state index contributed by atoms with van der Waals surface area (Å²) in [6.07, 6.45) is 12.7. The number of hydrogen-bond acceptors (Lipinski definition) is 6. The van der Waals surface area contributed by atoms with Crippen molar-refractivity contribution in [2.24, 2.45) is 0 Å². The van der Waals surface area contributed by atoms with Crippen LogP contribution in [0.1, 0.15) is 68.9 Å². The van der Waals surface area contributed by atoms with Crippen LogP contribution in [0.2, 0.25) is 0 Å². The van der Waals surface area contributed by atoms with Gasteiger partial charge >= 0.3 is 0 Å². The second kappa shape index (κ2) is 13.9. The van der Waals surface area contributed by atoms with Crippen molar-refractivity contribution in [3.63, 3.8) is 0 Å². The minimum absolute atomic E-state index is 0.287. The van der Waals surface area contributed by atoms with E-state index in [0.717, 1.165) is 53.1 Å². The van der Waals surface area contributed by atoms with Crippen molar-refractivity contribution in [2.75, 3.05) is 39.3 Å². The van der Waals surface area contributed by atoms with Gasteiger partial charge in [0.25, 0.3) is 0 Å². The molecule has 0 unspecified atom stereocenters. The SMILES string of the molecule is Oc1cccc2c(Cc3ccc(O[C@@H]4CCCC[C@H]4N4CCCCC4)cc3)c(-c3ccc(OCCN4CCCC4)cc3)sc12. The van der Waals surface area contributed by atoms with Gasteiger partial charge in [0.05, 0.1) is 4.70 Å².